The van der Waals surface area contributed by atoms with E-state index in [0.717, 1.165) is 38.3 Å². The zero-order valence-corrected chi connectivity index (χ0v) is 13.5. The summed E-state index contributed by atoms with van der Waals surface area (Å²) in [5.74, 6) is 0.282. The smallest absolute Gasteiger partial charge is 0.156 e. The molecule has 0 saturated heterocycles. The van der Waals surface area contributed by atoms with Gasteiger partial charge in [-0.05, 0) is 35.3 Å². The molecule has 0 spiro atoms. The van der Waals surface area contributed by atoms with Crippen molar-refractivity contribution in [3.63, 3.8) is 0 Å². The Hall–Kier alpha value is -2.32. The number of hydrogen-bond acceptors (Lipinski definition) is 1. The molecule has 1 aliphatic rings. The summed E-state index contributed by atoms with van der Waals surface area (Å²) in [5.41, 5.74) is 5.16. The Morgan fingerprint density at radius 1 is 1.09 bits per heavy atom. The van der Waals surface area contributed by atoms with E-state index in [0.29, 0.717) is 6.42 Å². The second-order valence-corrected chi connectivity index (χ2v) is 6.48. The molecule has 1 atom stereocenters. The highest BCUT2D eigenvalue weighted by Gasteiger charge is 2.26. The number of halogens is 1. The van der Waals surface area contributed by atoms with Crippen molar-refractivity contribution in [2.24, 2.45) is 0 Å². The number of carbonyl (C=O) groups excluding carboxylic acids is 1. The van der Waals surface area contributed by atoms with E-state index >= 15 is 0 Å². The minimum Gasteiger partial charge on any atom is -0.354 e. The monoisotopic (exact) mass is 321 g/mol. The third-order valence-electron chi connectivity index (χ3n) is 4.47. The fourth-order valence-electron chi connectivity index (χ4n) is 3.48. The summed E-state index contributed by atoms with van der Waals surface area (Å²) in [4.78, 5) is 15.8. The van der Waals surface area contributed by atoms with Gasteiger partial charge in [0.05, 0.1) is 10.7 Å². The summed E-state index contributed by atoms with van der Waals surface area (Å²) < 4.78 is 0. The van der Waals surface area contributed by atoms with E-state index in [-0.39, 0.29) is 11.7 Å². The molecule has 1 aromatic heterocycles. The van der Waals surface area contributed by atoms with Gasteiger partial charge >= 0.3 is 0 Å². The van der Waals surface area contributed by atoms with E-state index < -0.39 is 0 Å². The van der Waals surface area contributed by atoms with E-state index in [1.807, 2.05) is 48.5 Å². The SMILES string of the molecule is CC1CC(=O)C=C(c2ccccc2)c2[nH]c3cccc(Cl)c3c21. The lowest BCUT2D eigenvalue weighted by Crippen LogP contribution is -1.99. The molecule has 1 unspecified atom stereocenters. The Bertz CT molecular complexity index is 937. The molecule has 0 fully saturated rings. The molecular weight excluding hydrogens is 306 g/mol. The molecule has 1 aliphatic carbocycles. The van der Waals surface area contributed by atoms with Crippen LogP contribution in [0.4, 0.5) is 0 Å². The number of aromatic amines is 1. The van der Waals surface area contributed by atoms with Crippen LogP contribution in [-0.4, -0.2) is 10.8 Å². The predicted octanol–water partition coefficient (Wildman–Crippen LogP) is 5.33. The van der Waals surface area contributed by atoms with Gasteiger partial charge in [-0.1, -0.05) is 54.9 Å². The van der Waals surface area contributed by atoms with Crippen molar-refractivity contribution in [1.82, 2.24) is 4.98 Å². The predicted molar refractivity (Wildman–Crippen MR) is 94.9 cm³/mol. The number of benzene rings is 2. The summed E-state index contributed by atoms with van der Waals surface area (Å²) in [7, 11) is 0. The minimum absolute atomic E-state index is 0.128. The van der Waals surface area contributed by atoms with Crippen molar-refractivity contribution >= 4 is 33.9 Å². The Labute approximate surface area is 139 Å². The Morgan fingerprint density at radius 3 is 2.65 bits per heavy atom. The summed E-state index contributed by atoms with van der Waals surface area (Å²) in [6, 6.07) is 15.9. The van der Waals surface area contributed by atoms with Crippen molar-refractivity contribution in [1.29, 1.82) is 0 Å². The van der Waals surface area contributed by atoms with Crippen LogP contribution in [0, 0.1) is 0 Å². The number of nitrogens with one attached hydrogen (secondary N) is 1. The summed E-state index contributed by atoms with van der Waals surface area (Å²) >= 11 is 6.46. The maximum Gasteiger partial charge on any atom is 0.156 e. The molecule has 1 N–H and O–H groups in total. The number of hydrogen-bond donors (Lipinski definition) is 1. The first kappa shape index (κ1) is 14.3. The average Bonchev–Trinajstić information content (AvgIpc) is 2.89. The number of H-pyrrole nitrogens is 1. The highest BCUT2D eigenvalue weighted by Crippen LogP contribution is 2.41. The van der Waals surface area contributed by atoms with E-state index in [4.69, 9.17) is 11.6 Å². The second-order valence-electron chi connectivity index (χ2n) is 6.07. The van der Waals surface area contributed by atoms with Gasteiger partial charge in [0.25, 0.3) is 0 Å². The van der Waals surface area contributed by atoms with Gasteiger partial charge in [-0.25, -0.2) is 0 Å². The lowest BCUT2D eigenvalue weighted by molar-refractivity contribution is -0.114. The number of carbonyl (C=O) groups is 1. The Balaban J connectivity index is 2.06. The van der Waals surface area contributed by atoms with Crippen LogP contribution in [0.5, 0.6) is 0 Å². The number of fused-ring (bicyclic) bond motifs is 3. The third-order valence-corrected chi connectivity index (χ3v) is 4.79. The van der Waals surface area contributed by atoms with E-state index in [1.165, 1.54) is 0 Å². The topological polar surface area (TPSA) is 32.9 Å². The van der Waals surface area contributed by atoms with Crippen molar-refractivity contribution in [3.8, 4) is 0 Å². The highest BCUT2D eigenvalue weighted by atomic mass is 35.5. The molecule has 4 rings (SSSR count). The normalized spacial score (nSPS) is 17.7. The van der Waals surface area contributed by atoms with E-state index in [9.17, 15) is 4.79 Å². The third kappa shape index (κ3) is 2.30. The van der Waals surface area contributed by atoms with Gasteiger partial charge < -0.3 is 4.98 Å². The fourth-order valence-corrected chi connectivity index (χ4v) is 3.75. The minimum atomic E-state index is 0.128. The molecule has 3 heteroatoms. The van der Waals surface area contributed by atoms with Crippen LogP contribution >= 0.6 is 11.6 Å². The first-order chi connectivity index (χ1) is 11.1. The summed E-state index contributed by atoms with van der Waals surface area (Å²) in [6.07, 6.45) is 2.27. The van der Waals surface area contributed by atoms with Gasteiger partial charge in [0.2, 0.25) is 0 Å². The number of rotatable bonds is 1. The molecular formula is C20H16ClNO. The zero-order chi connectivity index (χ0) is 16.0. The van der Waals surface area contributed by atoms with Crippen LogP contribution in [0.25, 0.3) is 16.5 Å². The van der Waals surface area contributed by atoms with Crippen LogP contribution < -0.4 is 0 Å². The Kier molecular flexibility index (Phi) is 3.35. The van der Waals surface area contributed by atoms with Gasteiger partial charge in [0.1, 0.15) is 0 Å². The van der Waals surface area contributed by atoms with Crippen LogP contribution in [0.2, 0.25) is 5.02 Å². The molecule has 2 aromatic carbocycles. The summed E-state index contributed by atoms with van der Waals surface area (Å²) in [6.45, 7) is 2.09. The molecule has 1 heterocycles. The lowest BCUT2D eigenvalue weighted by atomic mass is 9.93. The van der Waals surface area contributed by atoms with Gasteiger partial charge in [-0.2, -0.15) is 0 Å². The molecule has 0 aliphatic heterocycles. The van der Waals surface area contributed by atoms with E-state index in [1.54, 1.807) is 6.08 Å². The maximum absolute atomic E-state index is 12.3. The standard InChI is InChI=1S/C20H16ClNO/c1-12-10-14(23)11-15(13-6-3-2-4-7-13)20-18(12)19-16(21)8-5-9-17(19)22-20/h2-9,11-12,22H,10H2,1H3. The van der Waals surface area contributed by atoms with Crippen molar-refractivity contribution in [2.75, 3.05) is 0 Å². The molecule has 0 amide bonds. The van der Waals surface area contributed by atoms with Crippen LogP contribution in [-0.2, 0) is 4.79 Å². The molecule has 2 nitrogen and oxygen atoms in total. The van der Waals surface area contributed by atoms with E-state index in [2.05, 4.69) is 11.9 Å². The Morgan fingerprint density at radius 2 is 1.87 bits per heavy atom. The van der Waals surface area contributed by atoms with Crippen LogP contribution in [0.15, 0.2) is 54.6 Å². The number of allylic oxidation sites excluding steroid dienone is 1. The first-order valence-electron chi connectivity index (χ1n) is 7.75. The van der Waals surface area contributed by atoms with Crippen molar-refractivity contribution in [2.45, 2.75) is 19.3 Å². The van der Waals surface area contributed by atoms with Crippen LogP contribution in [0.1, 0.15) is 36.1 Å². The van der Waals surface area contributed by atoms with Gasteiger partial charge in [0.15, 0.2) is 5.78 Å². The molecule has 0 saturated carbocycles. The van der Waals surface area contributed by atoms with Gasteiger partial charge in [-0.15, -0.1) is 0 Å². The average molecular weight is 322 g/mol. The molecule has 23 heavy (non-hydrogen) atoms. The van der Waals surface area contributed by atoms with Gasteiger partial charge in [-0.3, -0.25) is 4.79 Å². The van der Waals surface area contributed by atoms with Crippen molar-refractivity contribution in [3.05, 3.63) is 76.5 Å². The highest BCUT2D eigenvalue weighted by molar-refractivity contribution is 6.36. The zero-order valence-electron chi connectivity index (χ0n) is 12.8. The van der Waals surface area contributed by atoms with Gasteiger partial charge in [0, 0.05) is 22.9 Å². The second kappa shape index (κ2) is 5.39. The largest absolute Gasteiger partial charge is 0.354 e. The quantitative estimate of drug-likeness (QED) is 0.645. The number of ketones is 1. The summed E-state index contributed by atoms with van der Waals surface area (Å²) in [5, 5.41) is 1.77. The molecule has 0 radical (unpaired) electrons. The van der Waals surface area contributed by atoms with Crippen LogP contribution in [0.3, 0.4) is 0 Å². The number of aromatic nitrogens is 1. The molecule has 0 bridgehead atoms. The molecule has 3 aromatic rings. The first-order valence-corrected chi connectivity index (χ1v) is 8.13. The maximum atomic E-state index is 12.3. The fraction of sp³-hybridized carbons (Fsp3) is 0.150. The lowest BCUT2D eigenvalue weighted by Gasteiger charge is -2.11. The van der Waals surface area contributed by atoms with Crippen molar-refractivity contribution < 1.29 is 4.79 Å². The molecule has 114 valence electrons.